The molecule has 0 bridgehead atoms. The first kappa shape index (κ1) is 15.1. The van der Waals surface area contributed by atoms with Crippen LogP contribution in [0.2, 0.25) is 0 Å². The van der Waals surface area contributed by atoms with Crippen molar-refractivity contribution in [2.75, 3.05) is 0 Å². The third-order valence-corrected chi connectivity index (χ3v) is 6.11. The van der Waals surface area contributed by atoms with E-state index in [0.29, 0.717) is 11.3 Å². The van der Waals surface area contributed by atoms with Crippen molar-refractivity contribution in [3.63, 3.8) is 0 Å². The van der Waals surface area contributed by atoms with Gasteiger partial charge in [-0.2, -0.15) is 0 Å². The molecule has 0 aliphatic heterocycles. The minimum absolute atomic E-state index is 0.0219. The lowest BCUT2D eigenvalue weighted by Crippen LogP contribution is -2.41. The van der Waals surface area contributed by atoms with E-state index in [-0.39, 0.29) is 6.10 Å². The Labute approximate surface area is 119 Å². The molecule has 2 saturated carbocycles. The highest BCUT2D eigenvalue weighted by molar-refractivity contribution is 5.01. The molecule has 0 aromatic carbocycles. The van der Waals surface area contributed by atoms with E-state index in [2.05, 4.69) is 27.4 Å². The molecular formula is C18H32O. The average molecular weight is 264 g/mol. The molecule has 0 aromatic rings. The van der Waals surface area contributed by atoms with Crippen molar-refractivity contribution in [1.82, 2.24) is 0 Å². The van der Waals surface area contributed by atoms with E-state index in [1.807, 2.05) is 0 Å². The number of aliphatic hydroxyl groups excluding tert-OH is 1. The van der Waals surface area contributed by atoms with Crippen molar-refractivity contribution in [2.24, 2.45) is 23.2 Å². The monoisotopic (exact) mass is 264 g/mol. The third-order valence-electron chi connectivity index (χ3n) is 6.11. The van der Waals surface area contributed by atoms with Gasteiger partial charge in [0.15, 0.2) is 0 Å². The van der Waals surface area contributed by atoms with Crippen molar-refractivity contribution in [3.05, 3.63) is 12.2 Å². The SMILES string of the molecule is C=C(C)CCC[C@@H](C)[C@H]1CC[C@H]2[C@@H](O)CCC[C@]12C. The topological polar surface area (TPSA) is 20.2 Å². The van der Waals surface area contributed by atoms with Crippen molar-refractivity contribution in [1.29, 1.82) is 0 Å². The number of aliphatic hydroxyl groups is 1. The van der Waals surface area contributed by atoms with E-state index in [1.165, 1.54) is 50.5 Å². The van der Waals surface area contributed by atoms with Crippen LogP contribution < -0.4 is 0 Å². The van der Waals surface area contributed by atoms with E-state index >= 15 is 0 Å². The fourth-order valence-electron chi connectivity index (χ4n) is 5.05. The summed E-state index contributed by atoms with van der Waals surface area (Å²) in [5.41, 5.74) is 1.73. The molecule has 0 amide bonds. The second-order valence-electron chi connectivity index (χ2n) is 7.58. The maximum absolute atomic E-state index is 10.3. The molecule has 2 aliphatic carbocycles. The first-order valence-electron chi connectivity index (χ1n) is 8.27. The smallest absolute Gasteiger partial charge is 0.0573 e. The van der Waals surface area contributed by atoms with E-state index in [1.54, 1.807) is 0 Å². The molecule has 19 heavy (non-hydrogen) atoms. The summed E-state index contributed by atoms with van der Waals surface area (Å²) in [6.07, 6.45) is 9.97. The number of hydrogen-bond donors (Lipinski definition) is 1. The summed E-state index contributed by atoms with van der Waals surface area (Å²) in [7, 11) is 0. The Balaban J connectivity index is 1.94. The summed E-state index contributed by atoms with van der Waals surface area (Å²) in [5.74, 6) is 2.21. The van der Waals surface area contributed by atoms with Gasteiger partial charge in [-0.25, -0.2) is 0 Å². The standard InChI is InChI=1S/C18H32O/c1-13(2)7-5-8-14(3)15-10-11-16-17(19)9-6-12-18(15,16)4/h14-17,19H,1,5-12H2,2-4H3/t14-,15-,16+,17+,18-/m1/s1. The maximum Gasteiger partial charge on any atom is 0.0573 e. The molecule has 1 nitrogen and oxygen atoms in total. The summed E-state index contributed by atoms with van der Waals surface area (Å²) in [4.78, 5) is 0. The first-order chi connectivity index (χ1) is 8.95. The van der Waals surface area contributed by atoms with Crippen LogP contribution in [0.15, 0.2) is 12.2 Å². The predicted octanol–water partition coefficient (Wildman–Crippen LogP) is 4.95. The van der Waals surface area contributed by atoms with E-state index in [4.69, 9.17) is 0 Å². The highest BCUT2D eigenvalue weighted by Gasteiger charge is 2.51. The zero-order valence-electron chi connectivity index (χ0n) is 13.1. The number of rotatable bonds is 5. The zero-order valence-corrected chi connectivity index (χ0v) is 13.1. The molecule has 0 radical (unpaired) electrons. The quantitative estimate of drug-likeness (QED) is 0.697. The number of hydrogen-bond acceptors (Lipinski definition) is 1. The normalized spacial score (nSPS) is 39.9. The van der Waals surface area contributed by atoms with Gasteiger partial charge in [0.1, 0.15) is 0 Å². The van der Waals surface area contributed by atoms with Crippen LogP contribution in [0.1, 0.15) is 72.1 Å². The van der Waals surface area contributed by atoms with Gasteiger partial charge < -0.3 is 5.11 Å². The molecule has 110 valence electrons. The first-order valence-corrected chi connectivity index (χ1v) is 8.27. The Morgan fingerprint density at radius 1 is 1.37 bits per heavy atom. The fourth-order valence-corrected chi connectivity index (χ4v) is 5.05. The van der Waals surface area contributed by atoms with Crippen LogP contribution in [0.3, 0.4) is 0 Å². The van der Waals surface area contributed by atoms with E-state index in [9.17, 15) is 5.11 Å². The third kappa shape index (κ3) is 3.07. The van der Waals surface area contributed by atoms with Crippen LogP contribution in [-0.4, -0.2) is 11.2 Å². The van der Waals surface area contributed by atoms with Crippen LogP contribution in [0.4, 0.5) is 0 Å². The van der Waals surface area contributed by atoms with Crippen LogP contribution in [0.25, 0.3) is 0 Å². The number of fused-ring (bicyclic) bond motifs is 1. The van der Waals surface area contributed by atoms with Gasteiger partial charge in [0.05, 0.1) is 6.10 Å². The Morgan fingerprint density at radius 3 is 2.79 bits per heavy atom. The lowest BCUT2D eigenvalue weighted by molar-refractivity contribution is -0.0277. The highest BCUT2D eigenvalue weighted by atomic mass is 16.3. The summed E-state index contributed by atoms with van der Waals surface area (Å²) < 4.78 is 0. The minimum atomic E-state index is -0.0219. The summed E-state index contributed by atoms with van der Waals surface area (Å²) in [5, 5.41) is 10.3. The Kier molecular flexibility index (Phi) is 4.76. The lowest BCUT2D eigenvalue weighted by Gasteiger charge is -2.45. The Bertz CT molecular complexity index is 322. The molecule has 0 heterocycles. The summed E-state index contributed by atoms with van der Waals surface area (Å²) in [6, 6.07) is 0. The highest BCUT2D eigenvalue weighted by Crippen LogP contribution is 2.58. The summed E-state index contributed by atoms with van der Waals surface area (Å²) >= 11 is 0. The molecule has 0 aromatic heterocycles. The Morgan fingerprint density at radius 2 is 2.11 bits per heavy atom. The van der Waals surface area contributed by atoms with Gasteiger partial charge in [0.25, 0.3) is 0 Å². The second kappa shape index (κ2) is 5.99. The second-order valence-corrected chi connectivity index (χ2v) is 7.58. The minimum Gasteiger partial charge on any atom is -0.393 e. The van der Waals surface area contributed by atoms with Gasteiger partial charge in [-0.3, -0.25) is 0 Å². The fraction of sp³-hybridized carbons (Fsp3) is 0.889. The predicted molar refractivity (Wildman–Crippen MR) is 82.0 cm³/mol. The van der Waals surface area contributed by atoms with Gasteiger partial charge in [0.2, 0.25) is 0 Å². The van der Waals surface area contributed by atoms with E-state index in [0.717, 1.165) is 18.3 Å². The molecule has 1 heteroatoms. The van der Waals surface area contributed by atoms with Crippen LogP contribution in [-0.2, 0) is 0 Å². The van der Waals surface area contributed by atoms with Gasteiger partial charge in [0, 0.05) is 0 Å². The van der Waals surface area contributed by atoms with Gasteiger partial charge >= 0.3 is 0 Å². The number of allylic oxidation sites excluding steroid dienone is 1. The molecule has 5 atom stereocenters. The van der Waals surface area contributed by atoms with Gasteiger partial charge in [-0.05, 0) is 68.6 Å². The van der Waals surface area contributed by atoms with Gasteiger partial charge in [-0.1, -0.05) is 32.3 Å². The van der Waals surface area contributed by atoms with Crippen molar-refractivity contribution in [2.45, 2.75) is 78.2 Å². The average Bonchev–Trinajstić information content (AvgIpc) is 2.67. The van der Waals surface area contributed by atoms with Crippen molar-refractivity contribution in [3.8, 4) is 0 Å². The zero-order chi connectivity index (χ0) is 14.0. The molecule has 2 rings (SSSR count). The van der Waals surface area contributed by atoms with Gasteiger partial charge in [-0.15, -0.1) is 6.58 Å². The van der Waals surface area contributed by atoms with Crippen molar-refractivity contribution < 1.29 is 5.11 Å². The molecule has 0 unspecified atom stereocenters. The lowest BCUT2D eigenvalue weighted by atomic mass is 9.61. The molecule has 2 fully saturated rings. The Hall–Kier alpha value is -0.300. The molecule has 2 aliphatic rings. The maximum atomic E-state index is 10.3. The van der Waals surface area contributed by atoms with Crippen molar-refractivity contribution >= 4 is 0 Å². The summed E-state index contributed by atoms with van der Waals surface area (Å²) in [6.45, 7) is 11.0. The largest absolute Gasteiger partial charge is 0.393 e. The van der Waals surface area contributed by atoms with Crippen LogP contribution in [0.5, 0.6) is 0 Å². The van der Waals surface area contributed by atoms with E-state index < -0.39 is 0 Å². The van der Waals surface area contributed by atoms with Crippen LogP contribution in [0, 0.1) is 23.2 Å². The molecule has 1 N–H and O–H groups in total. The molecule has 0 saturated heterocycles. The van der Waals surface area contributed by atoms with Crippen LogP contribution >= 0.6 is 0 Å². The molecule has 0 spiro atoms. The molecular weight excluding hydrogens is 232 g/mol.